The number of methoxy groups -OCH3 is 1. The molecule has 0 aliphatic heterocycles. The molecule has 0 atom stereocenters. The largest absolute Gasteiger partial charge is 0.495 e. The smallest absolute Gasteiger partial charge is 0.265 e. The Labute approximate surface area is 139 Å². The molecular formula is C15H18N2O4S2. The molecule has 1 heterocycles. The van der Waals surface area contributed by atoms with Crippen molar-refractivity contribution in [1.29, 1.82) is 0 Å². The third-order valence-corrected chi connectivity index (χ3v) is 5.39. The van der Waals surface area contributed by atoms with Crippen molar-refractivity contribution in [2.45, 2.75) is 24.8 Å². The highest BCUT2D eigenvalue weighted by Crippen LogP contribution is 2.28. The molecule has 1 aromatic carbocycles. The Bertz CT molecular complexity index is 784. The molecule has 0 spiro atoms. The highest BCUT2D eigenvalue weighted by atomic mass is 32.2. The minimum Gasteiger partial charge on any atom is -0.495 e. The van der Waals surface area contributed by atoms with Gasteiger partial charge in [-0.2, -0.15) is 0 Å². The van der Waals surface area contributed by atoms with E-state index in [0.717, 1.165) is 0 Å². The van der Waals surface area contributed by atoms with Crippen molar-refractivity contribution in [2.75, 3.05) is 12.4 Å². The Kier molecular flexibility index (Phi) is 5.40. The van der Waals surface area contributed by atoms with Gasteiger partial charge in [-0.05, 0) is 43.5 Å². The van der Waals surface area contributed by atoms with Crippen LogP contribution in [0, 0.1) is 0 Å². The van der Waals surface area contributed by atoms with Crippen LogP contribution in [-0.4, -0.2) is 27.5 Å². The maximum Gasteiger partial charge on any atom is 0.265 e. The number of benzene rings is 1. The SMILES string of the molecule is COc1ccc(S(=O)(=O)NC(C)C)cc1NC(=O)c1cccs1. The van der Waals surface area contributed by atoms with Gasteiger partial charge in [0.2, 0.25) is 10.0 Å². The summed E-state index contributed by atoms with van der Waals surface area (Å²) in [6.07, 6.45) is 0. The standard InChI is InChI=1S/C15H18N2O4S2/c1-10(2)17-23(19,20)11-6-7-13(21-3)12(9-11)16-15(18)14-5-4-8-22-14/h4-10,17H,1-3H3,(H,16,18). The molecular weight excluding hydrogens is 336 g/mol. The number of amides is 1. The maximum atomic E-state index is 12.2. The quantitative estimate of drug-likeness (QED) is 0.835. The number of sulfonamides is 1. The lowest BCUT2D eigenvalue weighted by Gasteiger charge is -2.13. The second kappa shape index (κ2) is 7.12. The minimum absolute atomic E-state index is 0.0634. The molecule has 124 valence electrons. The number of nitrogens with one attached hydrogen (secondary N) is 2. The van der Waals surface area contributed by atoms with Crippen LogP contribution in [0.25, 0.3) is 0 Å². The van der Waals surface area contributed by atoms with E-state index in [4.69, 9.17) is 4.74 Å². The van der Waals surface area contributed by atoms with Crippen molar-refractivity contribution in [3.05, 3.63) is 40.6 Å². The van der Waals surface area contributed by atoms with Crippen LogP contribution < -0.4 is 14.8 Å². The topological polar surface area (TPSA) is 84.5 Å². The maximum absolute atomic E-state index is 12.2. The summed E-state index contributed by atoms with van der Waals surface area (Å²) >= 11 is 1.30. The number of hydrogen-bond donors (Lipinski definition) is 2. The van der Waals surface area contributed by atoms with Crippen LogP contribution in [-0.2, 0) is 10.0 Å². The van der Waals surface area contributed by atoms with Gasteiger partial charge in [-0.3, -0.25) is 4.79 Å². The zero-order chi connectivity index (χ0) is 17.0. The van der Waals surface area contributed by atoms with Crippen LogP contribution in [0.4, 0.5) is 5.69 Å². The number of thiophene rings is 1. The molecule has 2 aromatic rings. The third kappa shape index (κ3) is 4.31. The van der Waals surface area contributed by atoms with Crippen molar-refractivity contribution in [2.24, 2.45) is 0 Å². The molecule has 0 radical (unpaired) electrons. The van der Waals surface area contributed by atoms with Gasteiger partial charge in [0.15, 0.2) is 0 Å². The average molecular weight is 354 g/mol. The van der Waals surface area contributed by atoms with E-state index < -0.39 is 10.0 Å². The number of ether oxygens (including phenoxy) is 1. The zero-order valence-electron chi connectivity index (χ0n) is 13.0. The van der Waals surface area contributed by atoms with Gasteiger partial charge in [0.05, 0.1) is 22.6 Å². The number of hydrogen-bond acceptors (Lipinski definition) is 5. The molecule has 23 heavy (non-hydrogen) atoms. The van der Waals surface area contributed by atoms with E-state index in [0.29, 0.717) is 16.3 Å². The summed E-state index contributed by atoms with van der Waals surface area (Å²) in [7, 11) is -2.20. The molecule has 0 bridgehead atoms. The lowest BCUT2D eigenvalue weighted by Crippen LogP contribution is -2.30. The summed E-state index contributed by atoms with van der Waals surface area (Å²) in [6.45, 7) is 3.47. The summed E-state index contributed by atoms with van der Waals surface area (Å²) in [5.74, 6) is 0.0723. The van der Waals surface area contributed by atoms with E-state index in [9.17, 15) is 13.2 Å². The third-order valence-electron chi connectivity index (χ3n) is 2.87. The Morgan fingerprint density at radius 2 is 2.00 bits per heavy atom. The van der Waals surface area contributed by atoms with Crippen LogP contribution >= 0.6 is 11.3 Å². The Hall–Kier alpha value is -1.90. The van der Waals surface area contributed by atoms with Gasteiger partial charge >= 0.3 is 0 Å². The highest BCUT2D eigenvalue weighted by Gasteiger charge is 2.19. The van der Waals surface area contributed by atoms with Gasteiger partial charge in [-0.15, -0.1) is 11.3 Å². The Morgan fingerprint density at radius 3 is 2.57 bits per heavy atom. The highest BCUT2D eigenvalue weighted by molar-refractivity contribution is 7.89. The van der Waals surface area contributed by atoms with Gasteiger partial charge < -0.3 is 10.1 Å². The molecule has 0 aliphatic carbocycles. The lowest BCUT2D eigenvalue weighted by molar-refractivity contribution is 0.103. The number of carbonyl (C=O) groups is 1. The van der Waals surface area contributed by atoms with Gasteiger partial charge in [0, 0.05) is 6.04 Å². The molecule has 0 saturated carbocycles. The lowest BCUT2D eigenvalue weighted by atomic mass is 10.3. The van der Waals surface area contributed by atoms with Crippen molar-refractivity contribution < 1.29 is 17.9 Å². The molecule has 2 rings (SSSR count). The van der Waals surface area contributed by atoms with Crippen molar-refractivity contribution in [3.8, 4) is 5.75 Å². The van der Waals surface area contributed by atoms with Gasteiger partial charge in [-0.25, -0.2) is 13.1 Å². The monoisotopic (exact) mass is 354 g/mol. The zero-order valence-corrected chi connectivity index (χ0v) is 14.6. The minimum atomic E-state index is -3.65. The van der Waals surface area contributed by atoms with Gasteiger partial charge in [0.25, 0.3) is 5.91 Å². The second-order valence-electron chi connectivity index (χ2n) is 5.07. The molecule has 1 amide bonds. The molecule has 6 nitrogen and oxygen atoms in total. The molecule has 0 saturated heterocycles. The average Bonchev–Trinajstić information content (AvgIpc) is 3.00. The second-order valence-corrected chi connectivity index (χ2v) is 7.73. The van der Waals surface area contributed by atoms with E-state index in [1.807, 2.05) is 0 Å². The first kappa shape index (κ1) is 17.5. The van der Waals surface area contributed by atoms with E-state index in [1.54, 1.807) is 31.4 Å². The van der Waals surface area contributed by atoms with Crippen LogP contribution in [0.2, 0.25) is 0 Å². The number of carbonyl (C=O) groups excluding carboxylic acids is 1. The fraction of sp³-hybridized carbons (Fsp3) is 0.267. The molecule has 0 fully saturated rings. The predicted molar refractivity (Wildman–Crippen MR) is 90.7 cm³/mol. The molecule has 0 aliphatic rings. The first-order valence-corrected chi connectivity index (χ1v) is 9.25. The van der Waals surface area contributed by atoms with Crippen LogP contribution in [0.15, 0.2) is 40.6 Å². The molecule has 0 unspecified atom stereocenters. The Balaban J connectivity index is 2.34. The summed E-state index contributed by atoms with van der Waals surface area (Å²) < 4.78 is 32.2. The fourth-order valence-corrected chi connectivity index (χ4v) is 3.82. The first-order valence-electron chi connectivity index (χ1n) is 6.88. The van der Waals surface area contributed by atoms with E-state index in [1.165, 1.54) is 36.6 Å². The summed E-state index contributed by atoms with van der Waals surface area (Å²) in [5, 5.41) is 4.48. The normalized spacial score (nSPS) is 11.5. The predicted octanol–water partition coefficient (Wildman–Crippen LogP) is 2.70. The van der Waals surface area contributed by atoms with Crippen molar-refractivity contribution >= 4 is 33.0 Å². The van der Waals surface area contributed by atoms with E-state index >= 15 is 0 Å². The van der Waals surface area contributed by atoms with Gasteiger partial charge in [-0.1, -0.05) is 6.07 Å². The fourth-order valence-electron chi connectivity index (χ4n) is 1.92. The molecule has 2 N–H and O–H groups in total. The van der Waals surface area contributed by atoms with E-state index in [2.05, 4.69) is 10.0 Å². The summed E-state index contributed by atoms with van der Waals surface area (Å²) in [5.41, 5.74) is 0.303. The van der Waals surface area contributed by atoms with E-state index in [-0.39, 0.29) is 16.8 Å². The molecule has 1 aromatic heterocycles. The first-order chi connectivity index (χ1) is 10.8. The summed E-state index contributed by atoms with van der Waals surface area (Å²) in [4.78, 5) is 12.8. The number of anilines is 1. The van der Waals surface area contributed by atoms with Crippen molar-refractivity contribution in [3.63, 3.8) is 0 Å². The summed E-state index contributed by atoms with van der Waals surface area (Å²) in [6, 6.07) is 7.56. The Morgan fingerprint density at radius 1 is 1.26 bits per heavy atom. The van der Waals surface area contributed by atoms with Crippen molar-refractivity contribution in [1.82, 2.24) is 4.72 Å². The number of rotatable bonds is 6. The molecule has 8 heteroatoms. The van der Waals surface area contributed by atoms with Crippen LogP contribution in [0.5, 0.6) is 5.75 Å². The van der Waals surface area contributed by atoms with Crippen LogP contribution in [0.1, 0.15) is 23.5 Å². The van der Waals surface area contributed by atoms with Gasteiger partial charge in [0.1, 0.15) is 5.75 Å². The van der Waals surface area contributed by atoms with Crippen LogP contribution in [0.3, 0.4) is 0 Å².